The Morgan fingerprint density at radius 3 is 2.68 bits per heavy atom. The number of fused-ring (bicyclic) bond motifs is 1. The first kappa shape index (κ1) is 16.7. The van der Waals surface area contributed by atoms with Gasteiger partial charge in [-0.1, -0.05) is 30.3 Å². The lowest BCUT2D eigenvalue weighted by Crippen LogP contribution is -2.25. The Hall–Kier alpha value is -3.19. The van der Waals surface area contributed by atoms with Crippen LogP contribution in [0.2, 0.25) is 0 Å². The Bertz CT molecular complexity index is 911. The number of nitrogens with two attached hydrogens (primary N) is 1. The number of hydrogen-bond donors (Lipinski definition) is 3. The number of aromatic amines is 1. The second-order valence-corrected chi connectivity index (χ2v) is 5.62. The number of thiocarbonyl (C=S) groups is 1. The normalized spacial score (nSPS) is 11.8. The molecule has 25 heavy (non-hydrogen) atoms. The minimum absolute atomic E-state index is 0.0893. The van der Waals surface area contributed by atoms with Crippen LogP contribution in [0.3, 0.4) is 0 Å². The molecule has 7 heteroatoms. The molecule has 1 aromatic heterocycles. The molecule has 0 saturated carbocycles. The Morgan fingerprint density at radius 1 is 1.24 bits per heavy atom. The molecule has 2 aromatic carbocycles. The van der Waals surface area contributed by atoms with Crippen LogP contribution in [0.1, 0.15) is 11.4 Å². The van der Waals surface area contributed by atoms with E-state index in [2.05, 4.69) is 20.5 Å². The lowest BCUT2D eigenvalue weighted by atomic mass is 10.2. The summed E-state index contributed by atoms with van der Waals surface area (Å²) in [6.45, 7) is 0. The molecule has 0 atom stereocenters. The highest BCUT2D eigenvalue weighted by atomic mass is 32.1. The highest BCUT2D eigenvalue weighted by Gasteiger charge is 2.07. The Labute approximate surface area is 150 Å². The topological polar surface area (TPSA) is 88.3 Å². The van der Waals surface area contributed by atoms with E-state index in [0.29, 0.717) is 11.5 Å². The highest BCUT2D eigenvalue weighted by Crippen LogP contribution is 2.14. The number of benzene rings is 2. The largest absolute Gasteiger partial charge is 0.497 e. The van der Waals surface area contributed by atoms with Gasteiger partial charge >= 0.3 is 0 Å². The summed E-state index contributed by atoms with van der Waals surface area (Å²) in [6.07, 6.45) is 3.76. The second kappa shape index (κ2) is 7.59. The van der Waals surface area contributed by atoms with E-state index in [4.69, 9.17) is 22.7 Å². The maximum absolute atomic E-state index is 5.48. The van der Waals surface area contributed by atoms with Gasteiger partial charge in [0.1, 0.15) is 11.5 Å². The summed E-state index contributed by atoms with van der Waals surface area (Å²) in [5.41, 5.74) is 11.5. The first-order valence-electron chi connectivity index (χ1n) is 7.56. The maximum Gasteiger partial charge on any atom is 0.184 e. The molecular weight excluding hydrogens is 334 g/mol. The molecule has 0 aliphatic heterocycles. The van der Waals surface area contributed by atoms with E-state index in [0.717, 1.165) is 22.3 Å². The van der Waals surface area contributed by atoms with Gasteiger partial charge in [-0.3, -0.25) is 5.43 Å². The fourth-order valence-electron chi connectivity index (χ4n) is 2.25. The van der Waals surface area contributed by atoms with Crippen LogP contribution in [0.5, 0.6) is 5.75 Å². The van der Waals surface area contributed by atoms with Gasteiger partial charge in [0.05, 0.1) is 18.1 Å². The number of ether oxygens (including phenoxy) is 1. The average Bonchev–Trinajstić information content (AvgIpc) is 3.06. The van der Waals surface area contributed by atoms with Crippen LogP contribution in [0.25, 0.3) is 17.1 Å². The van der Waals surface area contributed by atoms with E-state index in [1.165, 1.54) is 0 Å². The first-order chi connectivity index (χ1) is 12.2. The number of rotatable bonds is 5. The van der Waals surface area contributed by atoms with Crippen LogP contribution in [-0.2, 0) is 0 Å². The fourth-order valence-corrected chi connectivity index (χ4v) is 2.29. The molecule has 0 radical (unpaired) electrons. The van der Waals surface area contributed by atoms with E-state index < -0.39 is 0 Å². The van der Waals surface area contributed by atoms with Crippen molar-refractivity contribution in [2.45, 2.75) is 0 Å². The van der Waals surface area contributed by atoms with E-state index in [1.807, 2.05) is 60.7 Å². The summed E-state index contributed by atoms with van der Waals surface area (Å²) in [5.74, 6) is 1.42. The number of methoxy groups -OCH3 is 1. The van der Waals surface area contributed by atoms with Crippen molar-refractivity contribution in [2.24, 2.45) is 10.8 Å². The molecule has 126 valence electrons. The van der Waals surface area contributed by atoms with Crippen LogP contribution < -0.4 is 15.9 Å². The predicted octanol–water partition coefficient (Wildman–Crippen LogP) is 2.82. The summed E-state index contributed by atoms with van der Waals surface area (Å²) in [6, 6.07) is 15.5. The maximum atomic E-state index is 5.48. The van der Waals surface area contributed by atoms with Crippen LogP contribution in [-0.4, -0.2) is 27.9 Å². The van der Waals surface area contributed by atoms with Crippen molar-refractivity contribution in [1.82, 2.24) is 15.4 Å². The molecular formula is C18H17N5OS. The number of nitrogens with one attached hydrogen (secondary N) is 2. The molecule has 6 nitrogen and oxygen atoms in total. The summed E-state index contributed by atoms with van der Waals surface area (Å²) in [5, 5.41) is 4.32. The summed E-state index contributed by atoms with van der Waals surface area (Å²) in [7, 11) is 1.64. The smallest absolute Gasteiger partial charge is 0.184 e. The van der Waals surface area contributed by atoms with Crippen LogP contribution in [0, 0.1) is 0 Å². The highest BCUT2D eigenvalue weighted by molar-refractivity contribution is 7.80. The lowest BCUT2D eigenvalue weighted by molar-refractivity contribution is 0.415. The van der Waals surface area contributed by atoms with E-state index in [-0.39, 0.29) is 5.11 Å². The quantitative estimate of drug-likeness (QED) is 0.374. The number of aromatic nitrogens is 2. The molecule has 0 fully saturated rings. The van der Waals surface area contributed by atoms with Crippen LogP contribution >= 0.6 is 12.2 Å². The first-order valence-corrected chi connectivity index (χ1v) is 7.97. The minimum Gasteiger partial charge on any atom is -0.497 e. The van der Waals surface area contributed by atoms with Gasteiger partial charge in [0.2, 0.25) is 0 Å². The standard InChI is InChI=1S/C18H17N5OS/c1-24-13-9-6-12(7-10-13)8-11-16(22-23-18(19)25)17-20-14-4-2-3-5-15(14)21-17/h2-11H,1H3,(H,20,21)(H3,19,23,25)/b11-8+,22-16-. The third kappa shape index (κ3) is 4.21. The number of H-pyrrole nitrogens is 1. The molecule has 1 heterocycles. The van der Waals surface area contributed by atoms with Crippen molar-refractivity contribution in [3.05, 3.63) is 66.0 Å². The van der Waals surface area contributed by atoms with Crippen molar-refractivity contribution in [2.75, 3.05) is 7.11 Å². The minimum atomic E-state index is 0.0893. The van der Waals surface area contributed by atoms with Gasteiger partial charge < -0.3 is 15.5 Å². The molecule has 0 unspecified atom stereocenters. The number of allylic oxidation sites excluding steroid dienone is 1. The number of hydrogen-bond acceptors (Lipinski definition) is 4. The molecule has 0 amide bonds. The number of hydrazone groups is 1. The Morgan fingerprint density at radius 2 is 2.00 bits per heavy atom. The third-order valence-corrected chi connectivity index (χ3v) is 3.56. The molecule has 0 bridgehead atoms. The van der Waals surface area contributed by atoms with Crippen molar-refractivity contribution in [1.29, 1.82) is 0 Å². The van der Waals surface area contributed by atoms with E-state index in [9.17, 15) is 0 Å². The van der Waals surface area contributed by atoms with Gasteiger partial charge in [-0.15, -0.1) is 0 Å². The van der Waals surface area contributed by atoms with Crippen LogP contribution in [0.15, 0.2) is 59.7 Å². The molecule has 4 N–H and O–H groups in total. The van der Waals surface area contributed by atoms with Gasteiger partial charge in [0.25, 0.3) is 0 Å². The number of para-hydroxylation sites is 2. The zero-order valence-corrected chi connectivity index (χ0v) is 14.4. The van der Waals surface area contributed by atoms with Gasteiger partial charge in [-0.25, -0.2) is 4.98 Å². The summed E-state index contributed by atoms with van der Waals surface area (Å²) in [4.78, 5) is 7.79. The molecule has 0 aliphatic carbocycles. The monoisotopic (exact) mass is 351 g/mol. The average molecular weight is 351 g/mol. The SMILES string of the molecule is COc1ccc(/C=C/C(=N/NC(N)=S)c2nc3ccccc3[nH]2)cc1. The van der Waals surface area contributed by atoms with Crippen LogP contribution in [0.4, 0.5) is 0 Å². The molecule has 0 saturated heterocycles. The summed E-state index contributed by atoms with van der Waals surface area (Å²) >= 11 is 4.82. The summed E-state index contributed by atoms with van der Waals surface area (Å²) < 4.78 is 5.16. The van der Waals surface area contributed by atoms with Crippen molar-refractivity contribution >= 4 is 40.2 Å². The zero-order chi connectivity index (χ0) is 17.6. The fraction of sp³-hybridized carbons (Fsp3) is 0.0556. The molecule has 0 spiro atoms. The van der Waals surface area contributed by atoms with Crippen molar-refractivity contribution < 1.29 is 4.74 Å². The zero-order valence-electron chi connectivity index (χ0n) is 13.6. The molecule has 0 aliphatic rings. The number of imidazole rings is 1. The van der Waals surface area contributed by atoms with Crippen molar-refractivity contribution in [3.8, 4) is 5.75 Å². The van der Waals surface area contributed by atoms with E-state index in [1.54, 1.807) is 7.11 Å². The predicted molar refractivity (Wildman–Crippen MR) is 105 cm³/mol. The van der Waals surface area contributed by atoms with Gasteiger partial charge in [-0.05, 0) is 48.1 Å². The van der Waals surface area contributed by atoms with Gasteiger partial charge in [0, 0.05) is 0 Å². The lowest BCUT2D eigenvalue weighted by Gasteiger charge is -2.01. The van der Waals surface area contributed by atoms with Gasteiger partial charge in [0.15, 0.2) is 10.9 Å². The molecule has 3 rings (SSSR count). The Balaban J connectivity index is 1.92. The second-order valence-electron chi connectivity index (χ2n) is 5.18. The van der Waals surface area contributed by atoms with E-state index >= 15 is 0 Å². The van der Waals surface area contributed by atoms with Crippen molar-refractivity contribution in [3.63, 3.8) is 0 Å². The number of nitrogens with zero attached hydrogens (tertiary/aromatic N) is 2. The Kier molecular flexibility index (Phi) is 5.06. The van der Waals surface area contributed by atoms with Gasteiger partial charge in [-0.2, -0.15) is 5.10 Å². The third-order valence-electron chi connectivity index (χ3n) is 3.47. The molecule has 3 aromatic rings.